The van der Waals surface area contributed by atoms with Gasteiger partial charge in [-0.1, -0.05) is 0 Å². The van der Waals surface area contributed by atoms with Gasteiger partial charge in [-0.25, -0.2) is 9.97 Å². The van der Waals surface area contributed by atoms with E-state index in [1.54, 1.807) is 18.7 Å². The van der Waals surface area contributed by atoms with Crippen molar-refractivity contribution in [2.24, 2.45) is 0 Å². The summed E-state index contributed by atoms with van der Waals surface area (Å²) in [5.74, 6) is 0.823. The molecular formula is C11H13N5. The van der Waals surface area contributed by atoms with Gasteiger partial charge in [-0.2, -0.15) is 0 Å². The fourth-order valence-corrected chi connectivity index (χ4v) is 1.99. The Morgan fingerprint density at radius 2 is 2.31 bits per heavy atom. The molecule has 3 rings (SSSR count). The fraction of sp³-hybridized carbons (Fsp3) is 0.364. The zero-order valence-corrected chi connectivity index (χ0v) is 8.87. The van der Waals surface area contributed by atoms with Crippen LogP contribution in [0.5, 0.6) is 0 Å². The predicted octanol–water partition coefficient (Wildman–Crippen LogP) is 1.09. The normalized spacial score (nSPS) is 20.1. The lowest BCUT2D eigenvalue weighted by atomic mass is 10.2. The molecule has 0 spiro atoms. The first-order valence-electron chi connectivity index (χ1n) is 5.47. The molecule has 0 radical (unpaired) electrons. The maximum atomic E-state index is 4.60. The van der Waals surface area contributed by atoms with Crippen molar-refractivity contribution in [3.8, 4) is 5.82 Å². The topological polar surface area (TPSA) is 55.6 Å². The molecular weight excluding hydrogens is 202 g/mol. The van der Waals surface area contributed by atoms with Crippen LogP contribution in [0.15, 0.2) is 31.1 Å². The van der Waals surface area contributed by atoms with Gasteiger partial charge in [0.15, 0.2) is 5.82 Å². The Morgan fingerprint density at radius 1 is 1.31 bits per heavy atom. The standard InChI is InChI=1S/C11H13N5/c1-2-9(14-3-1)10-6-13-7-11(15-10)16-5-4-12-8-16/h4-9,14H,1-3H2/t9-/m1/s1. The van der Waals surface area contributed by atoms with Crippen molar-refractivity contribution < 1.29 is 0 Å². The summed E-state index contributed by atoms with van der Waals surface area (Å²) in [5.41, 5.74) is 1.02. The summed E-state index contributed by atoms with van der Waals surface area (Å²) in [6, 6.07) is 0.357. The minimum Gasteiger partial charge on any atom is -0.309 e. The van der Waals surface area contributed by atoms with E-state index in [2.05, 4.69) is 20.3 Å². The number of nitrogens with zero attached hydrogens (tertiary/aromatic N) is 4. The molecule has 2 aromatic rings. The van der Waals surface area contributed by atoms with Gasteiger partial charge >= 0.3 is 0 Å². The smallest absolute Gasteiger partial charge is 0.156 e. The first-order chi connectivity index (χ1) is 7.93. The van der Waals surface area contributed by atoms with Crippen LogP contribution in [0.3, 0.4) is 0 Å². The molecule has 0 aromatic carbocycles. The number of hydrogen-bond acceptors (Lipinski definition) is 4. The highest BCUT2D eigenvalue weighted by Gasteiger charge is 2.18. The molecule has 1 atom stereocenters. The van der Waals surface area contributed by atoms with Crippen LogP contribution in [0.2, 0.25) is 0 Å². The average molecular weight is 215 g/mol. The van der Waals surface area contributed by atoms with E-state index >= 15 is 0 Å². The third kappa shape index (κ3) is 1.69. The van der Waals surface area contributed by atoms with E-state index in [1.807, 2.05) is 17.0 Å². The SMILES string of the molecule is c1cn(-c2cncc([C@H]3CCCN3)n2)cn1. The molecule has 5 nitrogen and oxygen atoms in total. The van der Waals surface area contributed by atoms with Crippen molar-refractivity contribution in [3.05, 3.63) is 36.8 Å². The monoisotopic (exact) mass is 215 g/mol. The molecule has 1 aliphatic rings. The van der Waals surface area contributed by atoms with Gasteiger partial charge in [-0.3, -0.25) is 9.55 Å². The van der Waals surface area contributed by atoms with Gasteiger partial charge in [0.2, 0.25) is 0 Å². The van der Waals surface area contributed by atoms with E-state index in [9.17, 15) is 0 Å². The molecule has 3 heterocycles. The minimum atomic E-state index is 0.357. The Kier molecular flexibility index (Phi) is 2.38. The average Bonchev–Trinajstić information content (AvgIpc) is 3.03. The Labute approximate surface area is 93.6 Å². The second kappa shape index (κ2) is 4.02. The van der Waals surface area contributed by atoms with Crippen molar-refractivity contribution in [2.75, 3.05) is 6.54 Å². The third-order valence-corrected chi connectivity index (χ3v) is 2.83. The summed E-state index contributed by atoms with van der Waals surface area (Å²) in [7, 11) is 0. The molecule has 1 saturated heterocycles. The van der Waals surface area contributed by atoms with Gasteiger partial charge in [0.25, 0.3) is 0 Å². The lowest BCUT2D eigenvalue weighted by Crippen LogP contribution is -2.15. The molecule has 2 aromatic heterocycles. The molecule has 1 aliphatic heterocycles. The Bertz CT molecular complexity index is 459. The maximum absolute atomic E-state index is 4.60. The number of aromatic nitrogens is 4. The molecule has 0 bridgehead atoms. The third-order valence-electron chi connectivity index (χ3n) is 2.83. The number of rotatable bonds is 2. The molecule has 1 fully saturated rings. The van der Waals surface area contributed by atoms with E-state index in [1.165, 1.54) is 6.42 Å². The zero-order valence-electron chi connectivity index (χ0n) is 8.87. The Hall–Kier alpha value is -1.75. The van der Waals surface area contributed by atoms with Crippen LogP contribution in [0, 0.1) is 0 Å². The van der Waals surface area contributed by atoms with Gasteiger partial charge < -0.3 is 5.32 Å². The molecule has 0 saturated carbocycles. The van der Waals surface area contributed by atoms with Crippen LogP contribution in [0.25, 0.3) is 5.82 Å². The van der Waals surface area contributed by atoms with E-state index < -0.39 is 0 Å². The molecule has 0 unspecified atom stereocenters. The van der Waals surface area contributed by atoms with Crippen molar-refractivity contribution >= 4 is 0 Å². The van der Waals surface area contributed by atoms with Gasteiger partial charge in [0.05, 0.1) is 24.1 Å². The first-order valence-corrected chi connectivity index (χ1v) is 5.47. The number of hydrogen-bond donors (Lipinski definition) is 1. The largest absolute Gasteiger partial charge is 0.309 e. The van der Waals surface area contributed by atoms with Crippen LogP contribution in [0.4, 0.5) is 0 Å². The lowest BCUT2D eigenvalue weighted by Gasteiger charge is -2.10. The summed E-state index contributed by atoms with van der Waals surface area (Å²) in [4.78, 5) is 12.8. The van der Waals surface area contributed by atoms with Gasteiger partial charge in [-0.05, 0) is 19.4 Å². The highest BCUT2D eigenvalue weighted by molar-refractivity contribution is 5.21. The molecule has 82 valence electrons. The molecule has 0 amide bonds. The van der Waals surface area contributed by atoms with Crippen LogP contribution in [0.1, 0.15) is 24.6 Å². The van der Waals surface area contributed by atoms with Gasteiger partial charge in [0.1, 0.15) is 6.33 Å². The molecule has 0 aliphatic carbocycles. The molecule has 16 heavy (non-hydrogen) atoms. The quantitative estimate of drug-likeness (QED) is 0.814. The summed E-state index contributed by atoms with van der Waals surface area (Å²) in [5, 5.41) is 3.42. The number of nitrogens with one attached hydrogen (secondary N) is 1. The fourth-order valence-electron chi connectivity index (χ4n) is 1.99. The Morgan fingerprint density at radius 3 is 3.06 bits per heavy atom. The highest BCUT2D eigenvalue weighted by atomic mass is 15.1. The highest BCUT2D eigenvalue weighted by Crippen LogP contribution is 2.21. The number of imidazole rings is 1. The van der Waals surface area contributed by atoms with Crippen molar-refractivity contribution in [1.29, 1.82) is 0 Å². The summed E-state index contributed by atoms with van der Waals surface area (Å²) < 4.78 is 1.87. The van der Waals surface area contributed by atoms with Crippen LogP contribution in [-0.4, -0.2) is 26.1 Å². The second-order valence-corrected chi connectivity index (χ2v) is 3.92. The zero-order chi connectivity index (χ0) is 10.8. The van der Waals surface area contributed by atoms with E-state index in [4.69, 9.17) is 0 Å². The minimum absolute atomic E-state index is 0.357. The van der Waals surface area contributed by atoms with E-state index in [0.29, 0.717) is 6.04 Å². The van der Waals surface area contributed by atoms with Crippen LogP contribution in [-0.2, 0) is 0 Å². The van der Waals surface area contributed by atoms with Crippen molar-refractivity contribution in [3.63, 3.8) is 0 Å². The maximum Gasteiger partial charge on any atom is 0.156 e. The van der Waals surface area contributed by atoms with Crippen LogP contribution < -0.4 is 5.32 Å². The first kappa shape index (κ1) is 9.47. The van der Waals surface area contributed by atoms with Crippen molar-refractivity contribution in [2.45, 2.75) is 18.9 Å². The van der Waals surface area contributed by atoms with E-state index in [-0.39, 0.29) is 0 Å². The lowest BCUT2D eigenvalue weighted by molar-refractivity contribution is 0.621. The van der Waals surface area contributed by atoms with Crippen molar-refractivity contribution in [1.82, 2.24) is 24.8 Å². The second-order valence-electron chi connectivity index (χ2n) is 3.92. The molecule has 1 N–H and O–H groups in total. The van der Waals surface area contributed by atoms with Gasteiger partial charge in [0, 0.05) is 12.4 Å². The summed E-state index contributed by atoms with van der Waals surface area (Å²) >= 11 is 0. The summed E-state index contributed by atoms with van der Waals surface area (Å²) in [6.45, 7) is 1.07. The van der Waals surface area contributed by atoms with E-state index in [0.717, 1.165) is 24.5 Å². The molecule has 5 heteroatoms. The summed E-state index contributed by atoms with van der Waals surface area (Å²) in [6.07, 6.45) is 11.3. The van der Waals surface area contributed by atoms with Gasteiger partial charge in [-0.15, -0.1) is 0 Å². The van der Waals surface area contributed by atoms with Crippen LogP contribution >= 0.6 is 0 Å². The Balaban J connectivity index is 1.93. The predicted molar refractivity (Wildman–Crippen MR) is 59.1 cm³/mol.